The summed E-state index contributed by atoms with van der Waals surface area (Å²) in [4.78, 5) is 31.8. The topological polar surface area (TPSA) is 71.1 Å². The van der Waals surface area contributed by atoms with Crippen LogP contribution in [0.25, 0.3) is 0 Å². The van der Waals surface area contributed by atoms with Crippen LogP contribution < -0.4 is 19.7 Å². The zero-order valence-corrected chi connectivity index (χ0v) is 22.8. The number of para-hydroxylation sites is 1. The number of carbonyl (C=O) groups excluding carboxylic acids is 2. The van der Waals surface area contributed by atoms with E-state index >= 15 is 0 Å². The van der Waals surface area contributed by atoms with Crippen LogP contribution in [-0.4, -0.2) is 49.6 Å². The van der Waals surface area contributed by atoms with E-state index in [2.05, 4.69) is 5.32 Å². The van der Waals surface area contributed by atoms with Gasteiger partial charge >= 0.3 is 0 Å². The van der Waals surface area contributed by atoms with Crippen molar-refractivity contribution in [3.8, 4) is 11.5 Å². The number of nitrogens with one attached hydrogen (secondary N) is 1. The minimum Gasteiger partial charge on any atom is -0.490 e. The second-order valence-corrected chi connectivity index (χ2v) is 10.7. The molecule has 4 rings (SSSR count). The van der Waals surface area contributed by atoms with Crippen LogP contribution in [0.4, 0.5) is 5.69 Å². The highest BCUT2D eigenvalue weighted by molar-refractivity contribution is 5.92. The molecule has 2 amide bonds. The Morgan fingerprint density at radius 1 is 1.11 bits per heavy atom. The van der Waals surface area contributed by atoms with E-state index in [0.717, 1.165) is 36.9 Å². The zero-order valence-electron chi connectivity index (χ0n) is 22.8. The second kappa shape index (κ2) is 11.9. The van der Waals surface area contributed by atoms with Crippen molar-refractivity contribution in [3.05, 3.63) is 53.6 Å². The quantitative estimate of drug-likeness (QED) is 0.539. The predicted octanol–water partition coefficient (Wildman–Crippen LogP) is 5.09. The number of benzene rings is 2. The van der Waals surface area contributed by atoms with Crippen LogP contribution in [0.5, 0.6) is 11.5 Å². The highest BCUT2D eigenvalue weighted by Crippen LogP contribution is 2.42. The summed E-state index contributed by atoms with van der Waals surface area (Å²) < 4.78 is 12.3. The van der Waals surface area contributed by atoms with Gasteiger partial charge in [0.05, 0.1) is 6.61 Å². The van der Waals surface area contributed by atoms with Gasteiger partial charge in [0, 0.05) is 37.9 Å². The molecule has 2 aromatic carbocycles. The van der Waals surface area contributed by atoms with Crippen molar-refractivity contribution in [3.63, 3.8) is 0 Å². The molecule has 0 spiro atoms. The Hall–Kier alpha value is -3.22. The Bertz CT molecular complexity index is 1080. The fourth-order valence-corrected chi connectivity index (χ4v) is 5.28. The molecular weight excluding hydrogens is 466 g/mol. The Morgan fingerprint density at radius 2 is 1.81 bits per heavy atom. The molecule has 1 fully saturated rings. The first-order valence-electron chi connectivity index (χ1n) is 13.6. The van der Waals surface area contributed by atoms with Crippen molar-refractivity contribution in [1.29, 1.82) is 0 Å². The average molecular weight is 508 g/mol. The molecule has 2 aromatic rings. The minimum absolute atomic E-state index is 0.0891. The van der Waals surface area contributed by atoms with Gasteiger partial charge in [0.25, 0.3) is 5.91 Å². The van der Waals surface area contributed by atoms with Gasteiger partial charge in [0.1, 0.15) is 6.04 Å². The Kier molecular flexibility index (Phi) is 8.62. The Labute approximate surface area is 221 Å². The number of rotatable bonds is 8. The van der Waals surface area contributed by atoms with Crippen LogP contribution in [0, 0.1) is 5.92 Å². The highest BCUT2D eigenvalue weighted by Gasteiger charge is 2.43. The van der Waals surface area contributed by atoms with Gasteiger partial charge in [0.15, 0.2) is 17.6 Å². The molecule has 200 valence electrons. The number of amides is 2. The van der Waals surface area contributed by atoms with E-state index in [1.165, 1.54) is 6.42 Å². The van der Waals surface area contributed by atoms with E-state index in [-0.39, 0.29) is 23.8 Å². The van der Waals surface area contributed by atoms with E-state index in [1.54, 1.807) is 4.90 Å². The Morgan fingerprint density at radius 3 is 2.43 bits per heavy atom. The number of fused-ring (bicyclic) bond motifs is 1. The van der Waals surface area contributed by atoms with Gasteiger partial charge in [-0.3, -0.25) is 9.59 Å². The lowest BCUT2D eigenvalue weighted by atomic mass is 9.94. The van der Waals surface area contributed by atoms with Crippen molar-refractivity contribution in [1.82, 2.24) is 10.2 Å². The summed E-state index contributed by atoms with van der Waals surface area (Å²) in [7, 11) is 3.99. The van der Waals surface area contributed by atoms with Gasteiger partial charge in [0.2, 0.25) is 5.91 Å². The minimum atomic E-state index is -0.817. The summed E-state index contributed by atoms with van der Waals surface area (Å²) in [6, 6.07) is 13.0. The molecule has 2 atom stereocenters. The van der Waals surface area contributed by atoms with Crippen LogP contribution in [0.1, 0.15) is 70.0 Å². The number of ether oxygens (including phenoxy) is 2. The maximum atomic E-state index is 14.1. The van der Waals surface area contributed by atoms with Gasteiger partial charge in [-0.2, -0.15) is 0 Å². The lowest BCUT2D eigenvalue weighted by Gasteiger charge is -2.33. The molecule has 1 heterocycles. The summed E-state index contributed by atoms with van der Waals surface area (Å²) in [5.74, 6) is 0.618. The first-order chi connectivity index (χ1) is 17.8. The summed E-state index contributed by atoms with van der Waals surface area (Å²) in [5, 5.41) is 3.28. The highest BCUT2D eigenvalue weighted by atomic mass is 16.5. The number of hydrogen-bond acceptors (Lipinski definition) is 5. The number of nitrogens with zero attached hydrogens (tertiary/aromatic N) is 2. The van der Waals surface area contributed by atoms with E-state index in [4.69, 9.17) is 9.47 Å². The Balaban J connectivity index is 1.78. The monoisotopic (exact) mass is 507 g/mol. The van der Waals surface area contributed by atoms with Crippen molar-refractivity contribution in [2.75, 3.05) is 25.6 Å². The molecule has 0 saturated heterocycles. The van der Waals surface area contributed by atoms with Gasteiger partial charge < -0.3 is 24.6 Å². The van der Waals surface area contributed by atoms with Crippen molar-refractivity contribution >= 4 is 17.5 Å². The smallest absolute Gasteiger partial charge is 0.265 e. The van der Waals surface area contributed by atoms with E-state index in [1.807, 2.05) is 82.2 Å². The van der Waals surface area contributed by atoms with Crippen molar-refractivity contribution < 1.29 is 19.1 Å². The van der Waals surface area contributed by atoms with Gasteiger partial charge in [-0.1, -0.05) is 57.4 Å². The van der Waals surface area contributed by atoms with Gasteiger partial charge in [-0.25, -0.2) is 0 Å². The van der Waals surface area contributed by atoms with Gasteiger partial charge in [-0.15, -0.1) is 0 Å². The molecule has 7 nitrogen and oxygen atoms in total. The van der Waals surface area contributed by atoms with Crippen LogP contribution in [0.3, 0.4) is 0 Å². The second-order valence-electron chi connectivity index (χ2n) is 10.7. The van der Waals surface area contributed by atoms with Crippen LogP contribution in [-0.2, 0) is 16.1 Å². The molecule has 1 N–H and O–H groups in total. The van der Waals surface area contributed by atoms with Crippen LogP contribution in [0.2, 0.25) is 0 Å². The molecule has 1 saturated carbocycles. The molecule has 2 aliphatic rings. The van der Waals surface area contributed by atoms with Gasteiger partial charge in [-0.05, 0) is 49.4 Å². The van der Waals surface area contributed by atoms with Crippen LogP contribution >= 0.6 is 0 Å². The molecule has 1 aliphatic heterocycles. The van der Waals surface area contributed by atoms with E-state index in [9.17, 15) is 9.59 Å². The first-order valence-corrected chi connectivity index (χ1v) is 13.6. The molecule has 0 radical (unpaired) electrons. The summed E-state index contributed by atoms with van der Waals surface area (Å²) in [6.45, 7) is 6.62. The molecule has 7 heteroatoms. The molecule has 37 heavy (non-hydrogen) atoms. The third-order valence-corrected chi connectivity index (χ3v) is 7.30. The van der Waals surface area contributed by atoms with E-state index < -0.39 is 12.1 Å². The third-order valence-electron chi connectivity index (χ3n) is 7.30. The fourth-order valence-electron chi connectivity index (χ4n) is 5.28. The maximum Gasteiger partial charge on any atom is 0.265 e. The number of anilines is 1. The molecule has 0 bridgehead atoms. The maximum absolute atomic E-state index is 14.1. The average Bonchev–Trinajstić information content (AvgIpc) is 3.00. The lowest BCUT2D eigenvalue weighted by Crippen LogP contribution is -2.49. The first kappa shape index (κ1) is 26.8. The zero-order chi connectivity index (χ0) is 26.5. The van der Waals surface area contributed by atoms with Crippen LogP contribution in [0.15, 0.2) is 42.5 Å². The molecule has 2 unspecified atom stereocenters. The number of carbonyl (C=O) groups is 2. The molecular formula is C30H41N3O4. The number of hydrogen-bond donors (Lipinski definition) is 1. The largest absolute Gasteiger partial charge is 0.490 e. The SMILES string of the molecule is CCOc1cccc2c1OC(C(C)C)C(=O)N(Cc1ccc(N(C)C)cc1)C2C(=O)NC1CCCCC1. The summed E-state index contributed by atoms with van der Waals surface area (Å²) >= 11 is 0. The third kappa shape index (κ3) is 6.03. The summed E-state index contributed by atoms with van der Waals surface area (Å²) in [5.41, 5.74) is 2.70. The predicted molar refractivity (Wildman–Crippen MR) is 146 cm³/mol. The lowest BCUT2D eigenvalue weighted by molar-refractivity contribution is -0.147. The fraction of sp³-hybridized carbons (Fsp3) is 0.533. The van der Waals surface area contributed by atoms with Crippen molar-refractivity contribution in [2.45, 2.75) is 77.6 Å². The normalized spacial score (nSPS) is 20.2. The summed E-state index contributed by atoms with van der Waals surface area (Å²) in [6.07, 6.45) is 4.63. The molecule has 0 aromatic heterocycles. The van der Waals surface area contributed by atoms with Crippen molar-refractivity contribution in [2.24, 2.45) is 5.92 Å². The molecule has 1 aliphatic carbocycles. The van der Waals surface area contributed by atoms with E-state index in [0.29, 0.717) is 30.2 Å². The standard InChI is InChI=1S/C30H41N3O4/c1-6-36-25-14-10-13-24-26(29(34)31-22-11-8-7-9-12-22)33(30(35)27(20(2)3)37-28(24)25)19-21-15-17-23(18-16-21)32(4)5/h10,13-18,20,22,26-27H,6-9,11-12,19H2,1-5H3,(H,31,34).